The van der Waals surface area contributed by atoms with E-state index in [0.717, 1.165) is 31.6 Å². The molecule has 0 bridgehead atoms. The molecule has 3 rings (SSSR count). The van der Waals surface area contributed by atoms with Gasteiger partial charge in [0.15, 0.2) is 0 Å². The van der Waals surface area contributed by atoms with E-state index in [4.69, 9.17) is 4.74 Å². The lowest BCUT2D eigenvalue weighted by atomic mass is 10.1. The summed E-state index contributed by atoms with van der Waals surface area (Å²) in [7, 11) is 1.72. The van der Waals surface area contributed by atoms with Crippen molar-refractivity contribution >= 4 is 0 Å². The van der Waals surface area contributed by atoms with Crippen molar-refractivity contribution in [3.8, 4) is 0 Å². The monoisotopic (exact) mass is 380 g/mol. The van der Waals surface area contributed by atoms with Crippen LogP contribution in [0.5, 0.6) is 0 Å². The van der Waals surface area contributed by atoms with Gasteiger partial charge >= 0.3 is 0 Å². The molecule has 0 N–H and O–H groups in total. The largest absolute Gasteiger partial charge is 0.385 e. The van der Waals surface area contributed by atoms with Crippen molar-refractivity contribution in [3.05, 3.63) is 95.1 Å². The molecule has 4 heteroatoms. The van der Waals surface area contributed by atoms with E-state index >= 15 is 0 Å². The fourth-order valence-electron chi connectivity index (χ4n) is 3.38. The Kier molecular flexibility index (Phi) is 7.40. The van der Waals surface area contributed by atoms with Gasteiger partial charge in [-0.3, -0.25) is 4.90 Å². The zero-order valence-electron chi connectivity index (χ0n) is 16.8. The molecular formula is C24H29FN2O. The zero-order valence-corrected chi connectivity index (χ0v) is 16.8. The van der Waals surface area contributed by atoms with Gasteiger partial charge in [0.2, 0.25) is 0 Å². The second kappa shape index (κ2) is 10.2. The lowest BCUT2D eigenvalue weighted by molar-refractivity contribution is 0.165. The maximum Gasteiger partial charge on any atom is 0.127 e. The summed E-state index contributed by atoms with van der Waals surface area (Å²) in [6.45, 7) is 5.87. The second-order valence-electron chi connectivity index (χ2n) is 7.26. The lowest BCUT2D eigenvalue weighted by Crippen LogP contribution is -2.26. The van der Waals surface area contributed by atoms with Crippen LogP contribution in [0.3, 0.4) is 0 Å². The summed E-state index contributed by atoms with van der Waals surface area (Å²) in [5.41, 5.74) is 4.51. The van der Waals surface area contributed by atoms with Gasteiger partial charge < -0.3 is 9.30 Å². The molecular weight excluding hydrogens is 351 g/mol. The predicted octanol–water partition coefficient (Wildman–Crippen LogP) is 5.02. The topological polar surface area (TPSA) is 17.4 Å². The van der Waals surface area contributed by atoms with Crippen LogP contribution in [0.1, 0.15) is 28.8 Å². The van der Waals surface area contributed by atoms with Gasteiger partial charge in [0.1, 0.15) is 5.82 Å². The van der Waals surface area contributed by atoms with Gasteiger partial charge in [-0.25, -0.2) is 4.39 Å². The molecule has 0 unspecified atom stereocenters. The molecule has 0 aliphatic heterocycles. The highest BCUT2D eigenvalue weighted by molar-refractivity contribution is 5.23. The molecule has 3 aromatic rings. The highest BCUT2D eigenvalue weighted by Gasteiger charge is 2.12. The first-order chi connectivity index (χ1) is 13.7. The number of halogens is 1. The van der Waals surface area contributed by atoms with Crippen LogP contribution in [0.25, 0.3) is 0 Å². The maximum atomic E-state index is 14.2. The molecule has 0 spiro atoms. The van der Waals surface area contributed by atoms with Crippen molar-refractivity contribution in [2.45, 2.75) is 33.0 Å². The molecule has 0 atom stereocenters. The molecule has 148 valence electrons. The molecule has 0 amide bonds. The zero-order chi connectivity index (χ0) is 19.8. The van der Waals surface area contributed by atoms with Crippen molar-refractivity contribution in [2.75, 3.05) is 20.3 Å². The first kappa shape index (κ1) is 20.3. The summed E-state index contributed by atoms with van der Waals surface area (Å²) >= 11 is 0. The summed E-state index contributed by atoms with van der Waals surface area (Å²) in [5, 5.41) is 0. The number of nitrogens with zero attached hydrogens (tertiary/aromatic N) is 2. The van der Waals surface area contributed by atoms with E-state index in [-0.39, 0.29) is 5.82 Å². The van der Waals surface area contributed by atoms with Gasteiger partial charge in [0.05, 0.1) is 0 Å². The Hall–Kier alpha value is -2.43. The van der Waals surface area contributed by atoms with E-state index in [9.17, 15) is 4.39 Å². The normalized spacial score (nSPS) is 11.3. The first-order valence-electron chi connectivity index (χ1n) is 9.80. The van der Waals surface area contributed by atoms with Crippen molar-refractivity contribution < 1.29 is 9.13 Å². The second-order valence-corrected chi connectivity index (χ2v) is 7.26. The lowest BCUT2D eigenvalue weighted by Gasteiger charge is -2.23. The summed E-state index contributed by atoms with van der Waals surface area (Å²) < 4.78 is 21.6. The van der Waals surface area contributed by atoms with Crippen LogP contribution in [-0.2, 0) is 24.4 Å². The van der Waals surface area contributed by atoms with E-state index in [1.165, 1.54) is 22.9 Å². The Morgan fingerprint density at radius 2 is 1.75 bits per heavy atom. The van der Waals surface area contributed by atoms with Crippen LogP contribution in [0.2, 0.25) is 0 Å². The third-order valence-electron chi connectivity index (χ3n) is 4.96. The van der Waals surface area contributed by atoms with Crippen molar-refractivity contribution in [3.63, 3.8) is 0 Å². The third-order valence-corrected chi connectivity index (χ3v) is 4.96. The molecule has 0 aliphatic rings. The van der Waals surface area contributed by atoms with E-state index in [2.05, 4.69) is 59.0 Å². The molecule has 1 heterocycles. The summed E-state index contributed by atoms with van der Waals surface area (Å²) in [6, 6.07) is 19.9. The number of ether oxygens (including phenoxy) is 1. The van der Waals surface area contributed by atoms with E-state index in [1.54, 1.807) is 13.2 Å². The van der Waals surface area contributed by atoms with Gasteiger partial charge in [0.25, 0.3) is 0 Å². The predicted molar refractivity (Wildman–Crippen MR) is 112 cm³/mol. The molecule has 28 heavy (non-hydrogen) atoms. The minimum atomic E-state index is -0.144. The molecule has 0 radical (unpaired) electrons. The number of benzene rings is 2. The molecule has 0 saturated heterocycles. The highest BCUT2D eigenvalue weighted by atomic mass is 19.1. The van der Waals surface area contributed by atoms with Crippen LogP contribution in [0.15, 0.2) is 66.9 Å². The Morgan fingerprint density at radius 1 is 0.964 bits per heavy atom. The Bertz CT molecular complexity index is 857. The van der Waals surface area contributed by atoms with Crippen LogP contribution < -0.4 is 0 Å². The van der Waals surface area contributed by atoms with Crippen molar-refractivity contribution in [1.29, 1.82) is 0 Å². The minimum absolute atomic E-state index is 0.144. The van der Waals surface area contributed by atoms with Gasteiger partial charge in [-0.2, -0.15) is 0 Å². The first-order valence-corrected chi connectivity index (χ1v) is 9.80. The standard InChI is InChI=1S/C24H29FN2O/c1-20-10-12-21(13-11-20)17-27-15-5-8-23(27)19-26(14-6-16-28-2)18-22-7-3-4-9-24(22)25/h3-5,7-13,15H,6,14,16-19H2,1-2H3. The Labute approximate surface area is 167 Å². The number of hydrogen-bond donors (Lipinski definition) is 0. The molecule has 3 nitrogen and oxygen atoms in total. The van der Waals surface area contributed by atoms with Crippen LogP contribution in [0, 0.1) is 12.7 Å². The smallest absolute Gasteiger partial charge is 0.127 e. The average molecular weight is 381 g/mol. The average Bonchev–Trinajstić information content (AvgIpc) is 3.12. The minimum Gasteiger partial charge on any atom is -0.385 e. The van der Waals surface area contributed by atoms with Crippen LogP contribution in [0.4, 0.5) is 4.39 Å². The van der Waals surface area contributed by atoms with Crippen molar-refractivity contribution in [1.82, 2.24) is 9.47 Å². The Balaban J connectivity index is 1.72. The summed E-state index contributed by atoms with van der Waals surface area (Å²) in [4.78, 5) is 2.29. The number of methoxy groups -OCH3 is 1. The number of aromatic nitrogens is 1. The number of aryl methyl sites for hydroxylation is 1. The number of hydrogen-bond acceptors (Lipinski definition) is 2. The van der Waals surface area contributed by atoms with Gasteiger partial charge in [-0.15, -0.1) is 0 Å². The summed E-state index contributed by atoms with van der Waals surface area (Å²) in [6.07, 6.45) is 3.04. The summed E-state index contributed by atoms with van der Waals surface area (Å²) in [5.74, 6) is -0.144. The van der Waals surface area contributed by atoms with Gasteiger partial charge in [-0.05, 0) is 37.1 Å². The van der Waals surface area contributed by atoms with Crippen LogP contribution in [-0.4, -0.2) is 29.7 Å². The van der Waals surface area contributed by atoms with Crippen LogP contribution >= 0.6 is 0 Å². The van der Waals surface area contributed by atoms with E-state index in [0.29, 0.717) is 13.2 Å². The maximum absolute atomic E-state index is 14.2. The number of rotatable bonds is 10. The highest BCUT2D eigenvalue weighted by Crippen LogP contribution is 2.16. The van der Waals surface area contributed by atoms with E-state index in [1.807, 2.05) is 12.1 Å². The molecule has 0 saturated carbocycles. The third kappa shape index (κ3) is 5.78. The molecule has 0 fully saturated rings. The quantitative estimate of drug-likeness (QED) is 0.459. The van der Waals surface area contributed by atoms with Gasteiger partial charge in [0, 0.05) is 57.3 Å². The Morgan fingerprint density at radius 3 is 2.50 bits per heavy atom. The van der Waals surface area contributed by atoms with Crippen molar-refractivity contribution in [2.24, 2.45) is 0 Å². The molecule has 0 aliphatic carbocycles. The fourth-order valence-corrected chi connectivity index (χ4v) is 3.38. The fraction of sp³-hybridized carbons (Fsp3) is 0.333. The molecule has 1 aromatic heterocycles. The SMILES string of the molecule is COCCCN(Cc1ccccc1F)Cc1cccn1Cc1ccc(C)cc1. The molecule has 2 aromatic carbocycles. The van der Waals surface area contributed by atoms with E-state index < -0.39 is 0 Å². The van der Waals surface area contributed by atoms with Gasteiger partial charge in [-0.1, -0.05) is 48.0 Å².